The molecule has 0 saturated carbocycles. The van der Waals surface area contributed by atoms with Crippen LogP contribution in [0.3, 0.4) is 0 Å². The lowest BCUT2D eigenvalue weighted by molar-refractivity contribution is -0.384. The number of nitrogens with one attached hydrogen (secondary N) is 2. The largest absolute Gasteiger partial charge is 0.346 e. The highest BCUT2D eigenvalue weighted by molar-refractivity contribution is 9.11. The van der Waals surface area contributed by atoms with Crippen LogP contribution >= 0.6 is 31.9 Å². The molecule has 2 N–H and O–H groups in total. The van der Waals surface area contributed by atoms with Gasteiger partial charge in [0, 0.05) is 20.7 Å². The van der Waals surface area contributed by atoms with Crippen molar-refractivity contribution in [3.63, 3.8) is 0 Å². The van der Waals surface area contributed by atoms with Gasteiger partial charge in [-0.2, -0.15) is 5.26 Å². The molecular weight excluding hydrogens is 497 g/mol. The van der Waals surface area contributed by atoms with Gasteiger partial charge in [0.2, 0.25) is 0 Å². The van der Waals surface area contributed by atoms with Crippen molar-refractivity contribution >= 4 is 60.4 Å². The summed E-state index contributed by atoms with van der Waals surface area (Å²) in [6, 6.07) is 12.9. The van der Waals surface area contributed by atoms with Crippen molar-refractivity contribution < 1.29 is 9.31 Å². The molecule has 28 heavy (non-hydrogen) atoms. The van der Waals surface area contributed by atoms with Gasteiger partial charge in [0.1, 0.15) is 23.5 Å². The fourth-order valence-electron chi connectivity index (χ4n) is 2.33. The smallest absolute Gasteiger partial charge is 0.310 e. The van der Waals surface area contributed by atoms with E-state index < -0.39 is 10.7 Å². The average molecular weight is 507 g/mol. The van der Waals surface area contributed by atoms with Gasteiger partial charge >= 0.3 is 5.69 Å². The first-order valence-corrected chi connectivity index (χ1v) is 9.29. The van der Waals surface area contributed by atoms with Crippen LogP contribution in [-0.2, 0) is 0 Å². The molecule has 0 aliphatic heterocycles. The fraction of sp³-hybridized carbons (Fsp3) is 0. The summed E-state index contributed by atoms with van der Waals surface area (Å²) in [7, 11) is 0. The Morgan fingerprint density at radius 1 is 1.14 bits per heavy atom. The van der Waals surface area contributed by atoms with Crippen LogP contribution in [0.15, 0.2) is 57.6 Å². The van der Waals surface area contributed by atoms with Crippen molar-refractivity contribution in [3.05, 3.63) is 79.1 Å². The molecule has 7 nitrogen and oxygen atoms in total. The molecule has 0 aliphatic rings. The van der Waals surface area contributed by atoms with Gasteiger partial charge in [0.05, 0.1) is 22.2 Å². The molecular formula is C18H10Br2FN5O2. The molecule has 0 bridgehead atoms. The van der Waals surface area contributed by atoms with Crippen molar-refractivity contribution in [1.29, 1.82) is 5.26 Å². The van der Waals surface area contributed by atoms with Crippen LogP contribution in [0.25, 0.3) is 0 Å². The van der Waals surface area contributed by atoms with E-state index in [0.717, 1.165) is 6.20 Å². The summed E-state index contributed by atoms with van der Waals surface area (Å²) in [5, 5.41) is 25.9. The number of benzene rings is 2. The van der Waals surface area contributed by atoms with Crippen molar-refractivity contribution in [3.8, 4) is 6.07 Å². The number of nitriles is 1. The van der Waals surface area contributed by atoms with E-state index in [4.69, 9.17) is 5.26 Å². The molecule has 1 heterocycles. The lowest BCUT2D eigenvalue weighted by Gasteiger charge is -2.12. The zero-order valence-electron chi connectivity index (χ0n) is 13.9. The molecule has 0 aliphatic carbocycles. The number of nitrogens with zero attached hydrogens (tertiary/aromatic N) is 3. The summed E-state index contributed by atoms with van der Waals surface area (Å²) in [4.78, 5) is 14.8. The number of aromatic nitrogens is 1. The van der Waals surface area contributed by atoms with E-state index in [1.807, 2.05) is 6.07 Å². The minimum absolute atomic E-state index is 0.0572. The van der Waals surface area contributed by atoms with Gasteiger partial charge in [-0.15, -0.1) is 0 Å². The lowest BCUT2D eigenvalue weighted by atomic mass is 10.2. The average Bonchev–Trinajstić information content (AvgIpc) is 2.65. The Balaban J connectivity index is 1.96. The summed E-state index contributed by atoms with van der Waals surface area (Å²) in [5.74, 6) is -0.277. The Morgan fingerprint density at radius 3 is 2.46 bits per heavy atom. The van der Waals surface area contributed by atoms with E-state index in [1.165, 1.54) is 12.1 Å². The highest BCUT2D eigenvalue weighted by Gasteiger charge is 2.19. The summed E-state index contributed by atoms with van der Waals surface area (Å²) in [6.07, 6.45) is 1.08. The first-order valence-electron chi connectivity index (χ1n) is 7.70. The third kappa shape index (κ3) is 4.44. The van der Waals surface area contributed by atoms with Gasteiger partial charge in [-0.05, 0) is 52.3 Å². The molecule has 0 radical (unpaired) electrons. The number of halogens is 3. The van der Waals surface area contributed by atoms with Crippen LogP contribution in [0.2, 0.25) is 0 Å². The maximum Gasteiger partial charge on any atom is 0.310 e. The van der Waals surface area contributed by atoms with Crippen molar-refractivity contribution in [2.24, 2.45) is 0 Å². The van der Waals surface area contributed by atoms with Gasteiger partial charge in [-0.3, -0.25) is 10.1 Å². The van der Waals surface area contributed by atoms with Gasteiger partial charge in [-0.1, -0.05) is 15.9 Å². The van der Waals surface area contributed by atoms with E-state index in [1.54, 1.807) is 30.3 Å². The Bertz CT molecular complexity index is 1080. The Hall–Kier alpha value is -3.03. The molecule has 0 fully saturated rings. The van der Waals surface area contributed by atoms with Gasteiger partial charge < -0.3 is 10.6 Å². The van der Waals surface area contributed by atoms with Gasteiger partial charge in [0.15, 0.2) is 0 Å². The van der Waals surface area contributed by atoms with Gasteiger partial charge in [0.25, 0.3) is 0 Å². The molecule has 0 amide bonds. The third-order valence-electron chi connectivity index (χ3n) is 3.63. The second kappa shape index (κ2) is 8.33. The molecule has 10 heteroatoms. The highest BCUT2D eigenvalue weighted by atomic mass is 79.9. The molecule has 0 unspecified atom stereocenters. The SMILES string of the molecule is N#Cc1ccc(Nc2cc(Nc3c(F)cc(Br)cc3Br)c([N+](=O)[O-])cn2)cc1. The number of pyridine rings is 1. The first-order chi connectivity index (χ1) is 13.4. The standard InChI is InChI=1S/C18H10Br2FN5O2/c19-11-5-13(20)18(14(21)6-11)25-15-7-17(23-9-16(15)26(27)28)24-12-3-1-10(8-22)2-4-12/h1-7,9H,(H2,23,24,25). The van der Waals surface area contributed by atoms with E-state index >= 15 is 0 Å². The topological polar surface area (TPSA) is 104 Å². The molecule has 1 aromatic heterocycles. The lowest BCUT2D eigenvalue weighted by Crippen LogP contribution is -2.02. The third-order valence-corrected chi connectivity index (χ3v) is 4.72. The van der Waals surface area contributed by atoms with Crippen LogP contribution in [0, 0.1) is 27.3 Å². The van der Waals surface area contributed by atoms with Crippen LogP contribution in [0.4, 0.5) is 33.0 Å². The minimum Gasteiger partial charge on any atom is -0.346 e. The second-order valence-corrected chi connectivity index (χ2v) is 7.30. The maximum absolute atomic E-state index is 14.3. The van der Waals surface area contributed by atoms with E-state index in [0.29, 0.717) is 26.0 Å². The molecule has 140 valence electrons. The molecule has 3 aromatic rings. The highest BCUT2D eigenvalue weighted by Crippen LogP contribution is 2.36. The van der Waals surface area contributed by atoms with Crippen molar-refractivity contribution in [2.75, 3.05) is 10.6 Å². The minimum atomic E-state index is -0.606. The molecule has 0 saturated heterocycles. The zero-order chi connectivity index (χ0) is 20.3. The van der Waals surface area contributed by atoms with Gasteiger partial charge in [-0.25, -0.2) is 9.37 Å². The van der Waals surface area contributed by atoms with Crippen LogP contribution in [0.1, 0.15) is 5.56 Å². The molecule has 3 rings (SSSR count). The number of nitro groups is 1. The fourth-order valence-corrected chi connectivity index (χ4v) is 3.61. The number of rotatable bonds is 5. The van der Waals surface area contributed by atoms with Crippen molar-refractivity contribution in [2.45, 2.75) is 0 Å². The van der Waals surface area contributed by atoms with E-state index in [-0.39, 0.29) is 17.1 Å². The van der Waals surface area contributed by atoms with Crippen molar-refractivity contribution in [1.82, 2.24) is 4.98 Å². The molecule has 0 atom stereocenters. The van der Waals surface area contributed by atoms with Crippen LogP contribution in [-0.4, -0.2) is 9.91 Å². The second-order valence-electron chi connectivity index (χ2n) is 5.53. The number of hydrogen-bond acceptors (Lipinski definition) is 6. The Kier molecular flexibility index (Phi) is 5.87. The molecule has 0 spiro atoms. The zero-order valence-corrected chi connectivity index (χ0v) is 17.1. The van der Waals surface area contributed by atoms with Crippen LogP contribution in [0.5, 0.6) is 0 Å². The Morgan fingerprint density at radius 2 is 1.86 bits per heavy atom. The normalized spacial score (nSPS) is 10.2. The predicted molar refractivity (Wildman–Crippen MR) is 110 cm³/mol. The first kappa shape index (κ1) is 19.7. The summed E-state index contributed by atoms with van der Waals surface area (Å²) >= 11 is 6.43. The van der Waals surface area contributed by atoms with E-state index in [2.05, 4.69) is 47.5 Å². The van der Waals surface area contributed by atoms with Crippen LogP contribution < -0.4 is 10.6 Å². The number of anilines is 4. The van der Waals surface area contributed by atoms with E-state index in [9.17, 15) is 14.5 Å². The predicted octanol–water partition coefficient (Wildman–Crippen LogP) is 6.01. The summed E-state index contributed by atoms with van der Waals surface area (Å²) in [5.41, 5.74) is 0.960. The summed E-state index contributed by atoms with van der Waals surface area (Å²) in [6.45, 7) is 0. The quantitative estimate of drug-likeness (QED) is 0.324. The summed E-state index contributed by atoms with van der Waals surface area (Å²) < 4.78 is 15.2. The number of hydrogen-bond donors (Lipinski definition) is 2. The Labute approximate surface area is 175 Å². The molecule has 2 aromatic carbocycles. The maximum atomic E-state index is 14.3. The monoisotopic (exact) mass is 505 g/mol.